The van der Waals surface area contributed by atoms with Crippen LogP contribution in [0.2, 0.25) is 0 Å². The van der Waals surface area contributed by atoms with Crippen molar-refractivity contribution < 1.29 is 22.7 Å². The molecule has 0 atom stereocenters. The molecular formula is C19H19F3N2O2. The van der Waals surface area contributed by atoms with Crippen molar-refractivity contribution in [3.05, 3.63) is 71.3 Å². The SMILES string of the molecule is CCCOC(=NCc1ccccc1)NC(=O)c1ccc(C(F)(F)F)cc1. The van der Waals surface area contributed by atoms with Gasteiger partial charge in [-0.25, -0.2) is 4.99 Å². The number of carbonyl (C=O) groups is 1. The van der Waals surface area contributed by atoms with Crippen LogP contribution in [0.3, 0.4) is 0 Å². The zero-order valence-electron chi connectivity index (χ0n) is 14.2. The van der Waals surface area contributed by atoms with Crippen molar-refractivity contribution in [3.63, 3.8) is 0 Å². The van der Waals surface area contributed by atoms with Crippen LogP contribution in [0.1, 0.15) is 34.8 Å². The Bertz CT molecular complexity index is 742. The monoisotopic (exact) mass is 364 g/mol. The van der Waals surface area contributed by atoms with Gasteiger partial charge in [-0.15, -0.1) is 0 Å². The largest absolute Gasteiger partial charge is 0.465 e. The van der Waals surface area contributed by atoms with Crippen molar-refractivity contribution in [2.45, 2.75) is 26.1 Å². The van der Waals surface area contributed by atoms with Crippen LogP contribution in [0.4, 0.5) is 13.2 Å². The Morgan fingerprint density at radius 2 is 1.73 bits per heavy atom. The van der Waals surface area contributed by atoms with E-state index in [-0.39, 0.29) is 11.6 Å². The highest BCUT2D eigenvalue weighted by molar-refractivity contribution is 6.04. The third-order valence-corrected chi connectivity index (χ3v) is 3.39. The van der Waals surface area contributed by atoms with Crippen LogP contribution in [-0.2, 0) is 17.5 Å². The number of amides is 1. The fourth-order valence-corrected chi connectivity index (χ4v) is 2.05. The topological polar surface area (TPSA) is 50.7 Å². The van der Waals surface area contributed by atoms with E-state index in [2.05, 4.69) is 10.3 Å². The van der Waals surface area contributed by atoms with Crippen LogP contribution in [0.25, 0.3) is 0 Å². The first-order valence-electron chi connectivity index (χ1n) is 8.10. The van der Waals surface area contributed by atoms with E-state index in [1.807, 2.05) is 37.3 Å². The number of nitrogens with zero attached hydrogens (tertiary/aromatic N) is 1. The third kappa shape index (κ3) is 5.91. The number of amidine groups is 1. The molecule has 0 bridgehead atoms. The first kappa shape index (κ1) is 19.5. The van der Waals surface area contributed by atoms with Crippen LogP contribution in [0, 0.1) is 0 Å². The summed E-state index contributed by atoms with van der Waals surface area (Å²) in [6.07, 6.45) is -3.72. The van der Waals surface area contributed by atoms with E-state index in [9.17, 15) is 18.0 Å². The molecule has 1 N–H and O–H groups in total. The molecular weight excluding hydrogens is 345 g/mol. The summed E-state index contributed by atoms with van der Waals surface area (Å²) in [6, 6.07) is 13.4. The minimum atomic E-state index is -4.44. The summed E-state index contributed by atoms with van der Waals surface area (Å²) in [4.78, 5) is 16.5. The van der Waals surface area contributed by atoms with Crippen molar-refractivity contribution in [3.8, 4) is 0 Å². The molecule has 0 heterocycles. The van der Waals surface area contributed by atoms with Gasteiger partial charge in [-0.3, -0.25) is 10.1 Å². The molecule has 0 aliphatic carbocycles. The minimum absolute atomic E-state index is 0.0422. The average Bonchev–Trinajstić information content (AvgIpc) is 2.64. The molecule has 2 aromatic carbocycles. The van der Waals surface area contributed by atoms with Crippen LogP contribution in [0.15, 0.2) is 59.6 Å². The Morgan fingerprint density at radius 1 is 1.08 bits per heavy atom. The molecule has 2 aromatic rings. The van der Waals surface area contributed by atoms with Crippen molar-refractivity contribution in [1.29, 1.82) is 0 Å². The summed E-state index contributed by atoms with van der Waals surface area (Å²) in [5, 5.41) is 2.50. The first-order chi connectivity index (χ1) is 12.4. The van der Waals surface area contributed by atoms with Gasteiger partial charge in [0.1, 0.15) is 0 Å². The molecule has 138 valence electrons. The number of nitrogens with one attached hydrogen (secondary N) is 1. The summed E-state index contributed by atoms with van der Waals surface area (Å²) in [7, 11) is 0. The van der Waals surface area contributed by atoms with Crippen LogP contribution in [0.5, 0.6) is 0 Å². The van der Waals surface area contributed by atoms with E-state index in [0.717, 1.165) is 36.2 Å². The normalized spacial score (nSPS) is 11.9. The van der Waals surface area contributed by atoms with Crippen molar-refractivity contribution in [1.82, 2.24) is 5.32 Å². The zero-order valence-corrected chi connectivity index (χ0v) is 14.2. The van der Waals surface area contributed by atoms with E-state index >= 15 is 0 Å². The molecule has 2 rings (SSSR count). The molecule has 0 saturated heterocycles. The molecule has 0 aliphatic rings. The molecule has 26 heavy (non-hydrogen) atoms. The highest BCUT2D eigenvalue weighted by Gasteiger charge is 2.30. The Morgan fingerprint density at radius 3 is 2.31 bits per heavy atom. The fourth-order valence-electron chi connectivity index (χ4n) is 2.05. The Balaban J connectivity index is 2.07. The number of hydrogen-bond acceptors (Lipinski definition) is 3. The van der Waals surface area contributed by atoms with E-state index in [1.165, 1.54) is 0 Å². The molecule has 0 unspecified atom stereocenters. The summed E-state index contributed by atoms with van der Waals surface area (Å²) >= 11 is 0. The maximum Gasteiger partial charge on any atom is 0.416 e. The number of benzene rings is 2. The summed E-state index contributed by atoms with van der Waals surface area (Å²) in [6.45, 7) is 2.58. The molecule has 0 spiro atoms. The van der Waals surface area contributed by atoms with Crippen molar-refractivity contribution >= 4 is 11.9 Å². The van der Waals surface area contributed by atoms with Gasteiger partial charge >= 0.3 is 6.18 Å². The zero-order chi connectivity index (χ0) is 19.0. The molecule has 4 nitrogen and oxygen atoms in total. The lowest BCUT2D eigenvalue weighted by Crippen LogP contribution is -2.33. The summed E-state index contributed by atoms with van der Waals surface area (Å²) in [5.41, 5.74) is 0.216. The second-order valence-corrected chi connectivity index (χ2v) is 5.48. The third-order valence-electron chi connectivity index (χ3n) is 3.39. The first-order valence-corrected chi connectivity index (χ1v) is 8.10. The Labute approximate surface area is 149 Å². The highest BCUT2D eigenvalue weighted by atomic mass is 19.4. The van der Waals surface area contributed by atoms with Gasteiger partial charge in [0, 0.05) is 5.56 Å². The van der Waals surface area contributed by atoms with Crippen molar-refractivity contribution in [2.75, 3.05) is 6.61 Å². The van der Waals surface area contributed by atoms with Crippen molar-refractivity contribution in [2.24, 2.45) is 4.99 Å². The van der Waals surface area contributed by atoms with Gasteiger partial charge in [-0.2, -0.15) is 13.2 Å². The smallest absolute Gasteiger partial charge is 0.416 e. The lowest BCUT2D eigenvalue weighted by molar-refractivity contribution is -0.137. The van der Waals surface area contributed by atoms with Gasteiger partial charge in [0.25, 0.3) is 11.9 Å². The maximum absolute atomic E-state index is 12.6. The molecule has 7 heteroatoms. The second-order valence-electron chi connectivity index (χ2n) is 5.48. The van der Waals surface area contributed by atoms with Crippen LogP contribution >= 0.6 is 0 Å². The standard InChI is InChI=1S/C19H19F3N2O2/c1-2-12-26-18(23-13-14-6-4-3-5-7-14)24-17(25)15-8-10-16(11-9-15)19(20,21)22/h3-11H,2,12-13H2,1H3,(H,23,24,25). The lowest BCUT2D eigenvalue weighted by atomic mass is 10.1. The number of rotatable bonds is 5. The van der Waals surface area contributed by atoms with E-state index in [1.54, 1.807) is 0 Å². The molecule has 0 fully saturated rings. The Hall–Kier alpha value is -2.83. The van der Waals surface area contributed by atoms with Gasteiger partial charge in [0.15, 0.2) is 0 Å². The number of aliphatic imine (C=N–C) groups is 1. The molecule has 0 saturated carbocycles. The van der Waals surface area contributed by atoms with Gasteiger partial charge in [-0.05, 0) is 36.2 Å². The van der Waals surface area contributed by atoms with Crippen LogP contribution < -0.4 is 5.32 Å². The highest BCUT2D eigenvalue weighted by Crippen LogP contribution is 2.29. The molecule has 0 radical (unpaired) electrons. The maximum atomic E-state index is 12.6. The molecule has 1 amide bonds. The quantitative estimate of drug-likeness (QED) is 0.631. The number of ether oxygens (including phenoxy) is 1. The number of alkyl halides is 3. The van der Waals surface area contributed by atoms with Gasteiger partial charge in [0.2, 0.25) is 0 Å². The Kier molecular flexibility index (Phi) is 6.77. The predicted molar refractivity (Wildman–Crippen MR) is 92.7 cm³/mol. The van der Waals surface area contributed by atoms with Gasteiger partial charge in [-0.1, -0.05) is 37.3 Å². The van der Waals surface area contributed by atoms with Gasteiger partial charge in [0.05, 0.1) is 18.7 Å². The molecule has 0 aliphatic heterocycles. The second kappa shape index (κ2) is 9.03. The minimum Gasteiger partial charge on any atom is -0.465 e. The van der Waals surface area contributed by atoms with E-state index in [4.69, 9.17) is 4.74 Å². The van der Waals surface area contributed by atoms with E-state index in [0.29, 0.717) is 13.2 Å². The predicted octanol–water partition coefficient (Wildman–Crippen LogP) is 4.42. The number of carbonyl (C=O) groups excluding carboxylic acids is 1. The molecule has 0 aromatic heterocycles. The summed E-state index contributed by atoms with van der Waals surface area (Å²) in [5.74, 6) is -0.582. The summed E-state index contributed by atoms with van der Waals surface area (Å²) < 4.78 is 43.2. The number of hydrogen-bond donors (Lipinski definition) is 1. The average molecular weight is 364 g/mol. The van der Waals surface area contributed by atoms with Crippen LogP contribution in [-0.4, -0.2) is 18.5 Å². The number of halogens is 3. The fraction of sp³-hybridized carbons (Fsp3) is 0.263. The van der Waals surface area contributed by atoms with E-state index < -0.39 is 17.6 Å². The lowest BCUT2D eigenvalue weighted by Gasteiger charge is -2.11. The van der Waals surface area contributed by atoms with Gasteiger partial charge < -0.3 is 4.74 Å².